The number of hydrogen-bond acceptors (Lipinski definition) is 2. The number of benzene rings is 1. The molecule has 1 aromatic rings. The molecule has 2 nitrogen and oxygen atoms in total. The van der Waals surface area contributed by atoms with Crippen LogP contribution in [0, 0.1) is 0 Å². The first kappa shape index (κ1) is 15.7. The Morgan fingerprint density at radius 1 is 1.30 bits per heavy atom. The zero-order valence-corrected chi connectivity index (χ0v) is 13.9. The molecule has 1 aromatic carbocycles. The van der Waals surface area contributed by atoms with E-state index in [1.165, 1.54) is 30.5 Å². The van der Waals surface area contributed by atoms with E-state index in [2.05, 4.69) is 50.0 Å². The van der Waals surface area contributed by atoms with Gasteiger partial charge in [-0.05, 0) is 63.8 Å². The second kappa shape index (κ2) is 6.36. The fourth-order valence-electron chi connectivity index (χ4n) is 2.46. The number of anilines is 1. The van der Waals surface area contributed by atoms with Gasteiger partial charge in [-0.3, -0.25) is 0 Å². The predicted octanol–water partition coefficient (Wildman–Crippen LogP) is 4.61. The van der Waals surface area contributed by atoms with Gasteiger partial charge >= 0.3 is 0 Å². The minimum Gasteiger partial charge on any atom is -0.368 e. The molecule has 1 aliphatic rings. The van der Waals surface area contributed by atoms with Crippen molar-refractivity contribution in [1.82, 2.24) is 5.32 Å². The van der Waals surface area contributed by atoms with Gasteiger partial charge < -0.3 is 10.2 Å². The summed E-state index contributed by atoms with van der Waals surface area (Å²) >= 11 is 6.20. The molecule has 112 valence electrons. The summed E-state index contributed by atoms with van der Waals surface area (Å²) in [6.45, 7) is 10.8. The van der Waals surface area contributed by atoms with Gasteiger partial charge in [0.15, 0.2) is 0 Å². The Labute approximate surface area is 128 Å². The van der Waals surface area contributed by atoms with Gasteiger partial charge in [-0.1, -0.05) is 18.5 Å². The molecule has 3 heteroatoms. The Kier molecular flexibility index (Phi) is 4.98. The van der Waals surface area contributed by atoms with Crippen LogP contribution in [0.3, 0.4) is 0 Å². The molecule has 0 radical (unpaired) electrons. The van der Waals surface area contributed by atoms with Gasteiger partial charge in [0, 0.05) is 35.4 Å². The number of nitrogens with zero attached hydrogens (tertiary/aromatic N) is 1. The van der Waals surface area contributed by atoms with Crippen LogP contribution in [0.5, 0.6) is 0 Å². The number of halogens is 1. The molecule has 0 unspecified atom stereocenters. The second-order valence-corrected chi connectivity index (χ2v) is 7.24. The summed E-state index contributed by atoms with van der Waals surface area (Å²) in [6, 6.07) is 7.06. The van der Waals surface area contributed by atoms with Gasteiger partial charge in [-0.15, -0.1) is 0 Å². The SMILES string of the molecule is CCCN(c1ccc(Cl)cc1CNC(C)(C)C)C1CC1. The maximum absolute atomic E-state index is 6.20. The molecule has 0 bridgehead atoms. The first-order valence-electron chi connectivity index (χ1n) is 7.71. The predicted molar refractivity (Wildman–Crippen MR) is 88.7 cm³/mol. The van der Waals surface area contributed by atoms with Crippen molar-refractivity contribution < 1.29 is 0 Å². The van der Waals surface area contributed by atoms with Gasteiger partial charge in [-0.25, -0.2) is 0 Å². The molecule has 0 spiro atoms. The molecular formula is C17H27ClN2. The molecule has 1 aliphatic carbocycles. The standard InChI is InChI=1S/C17H27ClN2/c1-5-10-20(15-7-8-15)16-9-6-14(18)11-13(16)12-19-17(2,3)4/h6,9,11,15,19H,5,7-8,10,12H2,1-4H3. The fourth-order valence-corrected chi connectivity index (χ4v) is 2.66. The molecule has 1 fully saturated rings. The first-order chi connectivity index (χ1) is 9.40. The van der Waals surface area contributed by atoms with Crippen molar-refractivity contribution >= 4 is 17.3 Å². The summed E-state index contributed by atoms with van der Waals surface area (Å²) in [7, 11) is 0. The third kappa shape index (κ3) is 4.39. The minimum absolute atomic E-state index is 0.120. The van der Waals surface area contributed by atoms with E-state index in [0.29, 0.717) is 0 Å². The van der Waals surface area contributed by atoms with Crippen LogP contribution < -0.4 is 10.2 Å². The molecule has 0 heterocycles. The van der Waals surface area contributed by atoms with E-state index < -0.39 is 0 Å². The van der Waals surface area contributed by atoms with Crippen molar-refractivity contribution in [2.75, 3.05) is 11.4 Å². The van der Waals surface area contributed by atoms with Crippen LogP contribution in [0.1, 0.15) is 52.5 Å². The highest BCUT2D eigenvalue weighted by Gasteiger charge is 2.29. The second-order valence-electron chi connectivity index (χ2n) is 6.80. The Morgan fingerprint density at radius 2 is 2.00 bits per heavy atom. The van der Waals surface area contributed by atoms with E-state index in [0.717, 1.165) is 24.2 Å². The van der Waals surface area contributed by atoms with E-state index in [-0.39, 0.29) is 5.54 Å². The zero-order valence-electron chi connectivity index (χ0n) is 13.2. The highest BCUT2D eigenvalue weighted by Crippen LogP contribution is 2.35. The van der Waals surface area contributed by atoms with Crippen LogP contribution in [0.25, 0.3) is 0 Å². The van der Waals surface area contributed by atoms with Crippen LogP contribution in [0.15, 0.2) is 18.2 Å². The van der Waals surface area contributed by atoms with Crippen molar-refractivity contribution in [3.05, 3.63) is 28.8 Å². The quantitative estimate of drug-likeness (QED) is 0.824. The number of nitrogens with one attached hydrogen (secondary N) is 1. The molecule has 0 saturated heterocycles. The van der Waals surface area contributed by atoms with Crippen molar-refractivity contribution in [3.63, 3.8) is 0 Å². The highest BCUT2D eigenvalue weighted by molar-refractivity contribution is 6.30. The lowest BCUT2D eigenvalue weighted by Crippen LogP contribution is -2.36. The van der Waals surface area contributed by atoms with E-state index in [1.54, 1.807) is 0 Å². The van der Waals surface area contributed by atoms with Gasteiger partial charge in [-0.2, -0.15) is 0 Å². The molecule has 0 amide bonds. The normalized spacial score (nSPS) is 15.4. The molecule has 1 saturated carbocycles. The van der Waals surface area contributed by atoms with Gasteiger partial charge in [0.2, 0.25) is 0 Å². The molecule has 0 aliphatic heterocycles. The van der Waals surface area contributed by atoms with E-state index in [1.807, 2.05) is 6.07 Å². The summed E-state index contributed by atoms with van der Waals surface area (Å²) < 4.78 is 0. The third-order valence-electron chi connectivity index (χ3n) is 3.61. The Balaban J connectivity index is 2.21. The average molecular weight is 295 g/mol. The smallest absolute Gasteiger partial charge is 0.0415 e. The Hall–Kier alpha value is -0.730. The topological polar surface area (TPSA) is 15.3 Å². The maximum Gasteiger partial charge on any atom is 0.0415 e. The molecule has 0 atom stereocenters. The summed E-state index contributed by atoms with van der Waals surface area (Å²) in [4.78, 5) is 2.57. The molecule has 2 rings (SSSR count). The third-order valence-corrected chi connectivity index (χ3v) is 3.85. The minimum atomic E-state index is 0.120. The summed E-state index contributed by atoms with van der Waals surface area (Å²) in [5.41, 5.74) is 2.79. The van der Waals surface area contributed by atoms with Crippen LogP contribution >= 0.6 is 11.6 Å². The van der Waals surface area contributed by atoms with Crippen LogP contribution in [-0.4, -0.2) is 18.1 Å². The average Bonchev–Trinajstić information content (AvgIpc) is 3.17. The first-order valence-corrected chi connectivity index (χ1v) is 8.08. The number of rotatable bonds is 6. The van der Waals surface area contributed by atoms with E-state index in [9.17, 15) is 0 Å². The fraction of sp³-hybridized carbons (Fsp3) is 0.647. The van der Waals surface area contributed by atoms with Crippen LogP contribution in [0.2, 0.25) is 5.02 Å². The monoisotopic (exact) mass is 294 g/mol. The van der Waals surface area contributed by atoms with Crippen molar-refractivity contribution in [1.29, 1.82) is 0 Å². The summed E-state index contributed by atoms with van der Waals surface area (Å²) in [5, 5.41) is 4.40. The van der Waals surface area contributed by atoms with Gasteiger partial charge in [0.25, 0.3) is 0 Å². The lowest BCUT2D eigenvalue weighted by Gasteiger charge is -2.28. The lowest BCUT2D eigenvalue weighted by atomic mass is 10.1. The highest BCUT2D eigenvalue weighted by atomic mass is 35.5. The van der Waals surface area contributed by atoms with E-state index >= 15 is 0 Å². The molecular weight excluding hydrogens is 268 g/mol. The van der Waals surface area contributed by atoms with Crippen LogP contribution in [0.4, 0.5) is 5.69 Å². The molecule has 0 aromatic heterocycles. The van der Waals surface area contributed by atoms with Crippen LogP contribution in [-0.2, 0) is 6.54 Å². The van der Waals surface area contributed by atoms with Crippen molar-refractivity contribution in [2.45, 2.75) is 65.1 Å². The van der Waals surface area contributed by atoms with Gasteiger partial charge in [0.1, 0.15) is 0 Å². The summed E-state index contributed by atoms with van der Waals surface area (Å²) in [5.74, 6) is 0. The molecule has 20 heavy (non-hydrogen) atoms. The van der Waals surface area contributed by atoms with Crippen molar-refractivity contribution in [2.24, 2.45) is 0 Å². The summed E-state index contributed by atoms with van der Waals surface area (Å²) in [6.07, 6.45) is 3.84. The Morgan fingerprint density at radius 3 is 2.55 bits per heavy atom. The Bertz CT molecular complexity index is 447. The number of hydrogen-bond donors (Lipinski definition) is 1. The maximum atomic E-state index is 6.20. The zero-order chi connectivity index (χ0) is 14.8. The van der Waals surface area contributed by atoms with Gasteiger partial charge in [0.05, 0.1) is 0 Å². The largest absolute Gasteiger partial charge is 0.368 e. The van der Waals surface area contributed by atoms with E-state index in [4.69, 9.17) is 11.6 Å². The molecule has 1 N–H and O–H groups in total. The lowest BCUT2D eigenvalue weighted by molar-refractivity contribution is 0.424. The van der Waals surface area contributed by atoms with Crippen molar-refractivity contribution in [3.8, 4) is 0 Å².